The monoisotopic (exact) mass is 439 g/mol. The van der Waals surface area contributed by atoms with Crippen LogP contribution in [0.5, 0.6) is 0 Å². The minimum Gasteiger partial charge on any atom is -0.480 e. The minimum absolute atomic E-state index is 0.216. The highest BCUT2D eigenvalue weighted by Crippen LogP contribution is 2.20. The molecule has 0 aliphatic carbocycles. The van der Waals surface area contributed by atoms with Crippen LogP contribution in [-0.4, -0.2) is 35.0 Å². The third-order valence-electron chi connectivity index (χ3n) is 2.36. The van der Waals surface area contributed by atoms with E-state index in [1.54, 1.807) is 6.07 Å². The van der Waals surface area contributed by atoms with Gasteiger partial charge in [-0.2, -0.15) is 0 Å². The molecule has 1 aromatic rings. The van der Waals surface area contributed by atoms with Gasteiger partial charge in [-0.3, -0.25) is 9.59 Å². The molecule has 0 spiro atoms. The van der Waals surface area contributed by atoms with Crippen LogP contribution in [0.3, 0.4) is 0 Å². The highest BCUT2D eigenvalue weighted by Gasteiger charge is 2.21. The van der Waals surface area contributed by atoms with Gasteiger partial charge in [0.05, 0.1) is 5.56 Å². The summed E-state index contributed by atoms with van der Waals surface area (Å²) in [5.74, 6) is -1.03. The van der Waals surface area contributed by atoms with E-state index in [1.807, 2.05) is 26.0 Å². The molecular weight excluding hydrogens is 425 g/mol. The fraction of sp³-hybridized carbons (Fsp3) is 0.385. The van der Waals surface area contributed by atoms with Crippen LogP contribution in [0.1, 0.15) is 24.2 Å². The summed E-state index contributed by atoms with van der Waals surface area (Å²) in [5, 5.41) is 8.91. The first-order chi connectivity index (χ1) is 8.81. The zero-order valence-electron chi connectivity index (χ0n) is 10.7. The lowest BCUT2D eigenvalue weighted by atomic mass is 10.1. The predicted molar refractivity (Wildman–Crippen MR) is 85.2 cm³/mol. The van der Waals surface area contributed by atoms with Gasteiger partial charge in [-0.25, -0.2) is 0 Å². The highest BCUT2D eigenvalue weighted by atomic mass is 127. The van der Waals surface area contributed by atoms with Gasteiger partial charge in [-0.15, -0.1) is 0 Å². The quantitative estimate of drug-likeness (QED) is 0.716. The molecule has 0 bridgehead atoms. The molecule has 0 radical (unpaired) electrons. The number of carbonyl (C=O) groups excluding carboxylic acids is 1. The van der Waals surface area contributed by atoms with Gasteiger partial charge in [0.1, 0.15) is 6.54 Å². The summed E-state index contributed by atoms with van der Waals surface area (Å²) < 4.78 is 1.61. The third kappa shape index (κ3) is 5.10. The van der Waals surface area contributed by atoms with Crippen LogP contribution in [0.25, 0.3) is 0 Å². The van der Waals surface area contributed by atoms with Gasteiger partial charge < -0.3 is 10.0 Å². The van der Waals surface area contributed by atoms with E-state index in [1.165, 1.54) is 4.90 Å². The topological polar surface area (TPSA) is 57.6 Å². The Balaban J connectivity index is 3.03. The van der Waals surface area contributed by atoms with Gasteiger partial charge in [-0.05, 0) is 46.7 Å². The average Bonchev–Trinajstić information content (AvgIpc) is 2.29. The lowest BCUT2D eigenvalue weighted by Gasteiger charge is -2.23. The smallest absolute Gasteiger partial charge is 0.323 e. The van der Waals surface area contributed by atoms with Crippen molar-refractivity contribution >= 4 is 50.4 Å². The fourth-order valence-corrected chi connectivity index (χ4v) is 2.58. The maximum absolute atomic E-state index is 12.4. The van der Waals surface area contributed by atoms with Crippen molar-refractivity contribution in [1.82, 2.24) is 4.90 Å². The fourth-order valence-electron chi connectivity index (χ4n) is 1.66. The maximum atomic E-state index is 12.4. The first-order valence-electron chi connectivity index (χ1n) is 5.77. The summed E-state index contributed by atoms with van der Waals surface area (Å²) in [7, 11) is 0. The lowest BCUT2D eigenvalue weighted by molar-refractivity contribution is -0.137. The second kappa shape index (κ2) is 7.23. The zero-order chi connectivity index (χ0) is 14.6. The van der Waals surface area contributed by atoms with Crippen LogP contribution < -0.4 is 0 Å². The van der Waals surface area contributed by atoms with E-state index in [2.05, 4.69) is 38.5 Å². The molecule has 0 saturated heterocycles. The van der Waals surface area contributed by atoms with Crippen molar-refractivity contribution in [3.63, 3.8) is 0 Å². The second-order valence-electron chi connectivity index (χ2n) is 4.60. The molecule has 0 atom stereocenters. The molecule has 104 valence electrons. The summed E-state index contributed by atoms with van der Waals surface area (Å²) in [6.07, 6.45) is 0. The highest BCUT2D eigenvalue weighted by molar-refractivity contribution is 14.1. The lowest BCUT2D eigenvalue weighted by Crippen LogP contribution is -2.38. The number of hydrogen-bond acceptors (Lipinski definition) is 2. The minimum atomic E-state index is -1.00. The van der Waals surface area contributed by atoms with Gasteiger partial charge in [0.25, 0.3) is 5.91 Å². The Morgan fingerprint density at radius 1 is 1.42 bits per heavy atom. The van der Waals surface area contributed by atoms with Crippen LogP contribution in [0.15, 0.2) is 22.7 Å². The molecule has 0 unspecified atom stereocenters. The van der Waals surface area contributed by atoms with Gasteiger partial charge in [0.2, 0.25) is 0 Å². The van der Waals surface area contributed by atoms with Gasteiger partial charge in [0.15, 0.2) is 0 Å². The Labute approximate surface area is 134 Å². The molecule has 1 aromatic carbocycles. The largest absolute Gasteiger partial charge is 0.480 e. The van der Waals surface area contributed by atoms with Crippen molar-refractivity contribution in [2.24, 2.45) is 5.92 Å². The Bertz CT molecular complexity index is 491. The molecular formula is C13H15BrINO3. The zero-order valence-corrected chi connectivity index (χ0v) is 14.4. The van der Waals surface area contributed by atoms with E-state index >= 15 is 0 Å². The van der Waals surface area contributed by atoms with Crippen LogP contribution in [0.2, 0.25) is 0 Å². The Kier molecular flexibility index (Phi) is 6.25. The maximum Gasteiger partial charge on any atom is 0.323 e. The summed E-state index contributed by atoms with van der Waals surface area (Å²) in [6.45, 7) is 4.05. The van der Waals surface area contributed by atoms with Crippen LogP contribution in [0, 0.1) is 9.49 Å². The molecule has 0 aromatic heterocycles. The number of rotatable bonds is 5. The number of carboxylic acids is 1. The predicted octanol–water partition coefficient (Wildman–Crippen LogP) is 3.24. The average molecular weight is 440 g/mol. The Morgan fingerprint density at radius 3 is 2.58 bits per heavy atom. The van der Waals surface area contributed by atoms with Gasteiger partial charge >= 0.3 is 5.97 Å². The van der Waals surface area contributed by atoms with Crippen molar-refractivity contribution in [1.29, 1.82) is 0 Å². The van der Waals surface area contributed by atoms with E-state index in [0.29, 0.717) is 12.1 Å². The molecule has 4 nitrogen and oxygen atoms in total. The summed E-state index contributed by atoms with van der Waals surface area (Å²) in [6, 6.07) is 5.40. The van der Waals surface area contributed by atoms with Crippen LogP contribution in [0.4, 0.5) is 0 Å². The van der Waals surface area contributed by atoms with Gasteiger partial charge in [-0.1, -0.05) is 29.8 Å². The summed E-state index contributed by atoms with van der Waals surface area (Å²) in [4.78, 5) is 24.7. The van der Waals surface area contributed by atoms with Crippen molar-refractivity contribution < 1.29 is 14.7 Å². The SMILES string of the molecule is CC(C)CN(CC(=O)O)C(=O)c1cc(Br)ccc1I. The number of aliphatic carboxylic acids is 1. The number of nitrogens with zero attached hydrogens (tertiary/aromatic N) is 1. The normalized spacial score (nSPS) is 10.6. The van der Waals surface area contributed by atoms with Crippen molar-refractivity contribution in [3.05, 3.63) is 31.8 Å². The summed E-state index contributed by atoms with van der Waals surface area (Å²) in [5.41, 5.74) is 0.525. The van der Waals surface area contributed by atoms with Crippen molar-refractivity contribution in [2.75, 3.05) is 13.1 Å². The van der Waals surface area contributed by atoms with E-state index in [4.69, 9.17) is 5.11 Å². The summed E-state index contributed by atoms with van der Waals surface area (Å²) >= 11 is 5.40. The number of benzene rings is 1. The van der Waals surface area contributed by atoms with E-state index < -0.39 is 5.97 Å². The number of halogens is 2. The standard InChI is InChI=1S/C13H15BrINO3/c1-8(2)6-16(7-12(17)18)13(19)10-5-9(14)3-4-11(10)15/h3-5,8H,6-7H2,1-2H3,(H,17,18). The molecule has 0 saturated carbocycles. The molecule has 0 fully saturated rings. The molecule has 19 heavy (non-hydrogen) atoms. The molecule has 6 heteroatoms. The molecule has 1 rings (SSSR count). The number of carboxylic acid groups (broad SMARTS) is 1. The molecule has 0 aliphatic rings. The third-order valence-corrected chi connectivity index (χ3v) is 3.79. The van der Waals surface area contributed by atoms with E-state index in [-0.39, 0.29) is 18.4 Å². The van der Waals surface area contributed by atoms with Crippen LogP contribution in [-0.2, 0) is 4.79 Å². The first-order valence-corrected chi connectivity index (χ1v) is 7.64. The van der Waals surface area contributed by atoms with Crippen molar-refractivity contribution in [3.8, 4) is 0 Å². The van der Waals surface area contributed by atoms with Crippen molar-refractivity contribution in [2.45, 2.75) is 13.8 Å². The Morgan fingerprint density at radius 2 is 2.05 bits per heavy atom. The molecule has 1 amide bonds. The van der Waals surface area contributed by atoms with E-state index in [0.717, 1.165) is 8.04 Å². The molecule has 1 N–H and O–H groups in total. The Hall–Kier alpha value is -0.630. The van der Waals surface area contributed by atoms with E-state index in [9.17, 15) is 9.59 Å². The van der Waals surface area contributed by atoms with Crippen LogP contribution >= 0.6 is 38.5 Å². The number of amides is 1. The first kappa shape index (κ1) is 16.4. The number of hydrogen-bond donors (Lipinski definition) is 1. The second-order valence-corrected chi connectivity index (χ2v) is 6.68. The van der Waals surface area contributed by atoms with Gasteiger partial charge in [0, 0.05) is 14.6 Å². The molecule has 0 aliphatic heterocycles. The number of carbonyl (C=O) groups is 2. The molecule has 0 heterocycles.